The minimum absolute atomic E-state index is 0.150. The number of halogens is 4. The Kier molecular flexibility index (Phi) is 9.42. The lowest BCUT2D eigenvalue weighted by molar-refractivity contribution is 0.120. The van der Waals surface area contributed by atoms with Crippen LogP contribution in [0.15, 0.2) is 12.1 Å². The van der Waals surface area contributed by atoms with Crippen LogP contribution in [0, 0.1) is 0 Å². The normalized spacial score (nSPS) is 20.5. The average Bonchev–Trinajstić information content (AvgIpc) is 3.38. The van der Waals surface area contributed by atoms with Crippen LogP contribution in [0.3, 0.4) is 0 Å². The first-order valence-electron chi connectivity index (χ1n) is 9.59. The maximum atomic E-state index is 5.74. The average molecular weight is 496 g/mol. The molecule has 2 unspecified atom stereocenters. The van der Waals surface area contributed by atoms with Crippen LogP contribution in [0.2, 0.25) is 20.7 Å². The summed E-state index contributed by atoms with van der Waals surface area (Å²) in [4.78, 5) is 15.8. The third-order valence-corrected chi connectivity index (χ3v) is 5.13. The minimum atomic E-state index is 0.150. The summed E-state index contributed by atoms with van der Waals surface area (Å²) in [6.45, 7) is 3.10. The standard InChI is InChI=1S/2C9H11Cl2N3O/c10-7-4-8(14-9(11)13-7)12-5-6-2-1-3-15-6;10-7-4-8(11)14-9(13-7)12-5-6-2-1-3-15-6/h2*4,6H,1-3,5H2,(H,12,13,14). The van der Waals surface area contributed by atoms with Gasteiger partial charge in [-0.05, 0) is 37.3 Å². The van der Waals surface area contributed by atoms with Crippen LogP contribution in [0.25, 0.3) is 0 Å². The van der Waals surface area contributed by atoms with Crippen molar-refractivity contribution in [3.63, 3.8) is 0 Å². The van der Waals surface area contributed by atoms with E-state index >= 15 is 0 Å². The van der Waals surface area contributed by atoms with Gasteiger partial charge in [0.1, 0.15) is 21.3 Å². The SMILES string of the molecule is Clc1cc(Cl)nc(NCC2CCCO2)n1.Clc1cc(NCC2CCCO2)nc(Cl)n1. The smallest absolute Gasteiger partial charge is 0.225 e. The van der Waals surface area contributed by atoms with Gasteiger partial charge in [0.2, 0.25) is 11.2 Å². The summed E-state index contributed by atoms with van der Waals surface area (Å²) < 4.78 is 10.9. The molecule has 2 aromatic rings. The predicted octanol–water partition coefficient (Wildman–Crippen LogP) is 4.75. The van der Waals surface area contributed by atoms with E-state index in [0.717, 1.165) is 45.4 Å². The molecule has 2 aromatic heterocycles. The van der Waals surface area contributed by atoms with E-state index in [2.05, 4.69) is 30.6 Å². The van der Waals surface area contributed by atoms with Gasteiger partial charge < -0.3 is 20.1 Å². The van der Waals surface area contributed by atoms with E-state index in [-0.39, 0.29) is 17.5 Å². The summed E-state index contributed by atoms with van der Waals surface area (Å²) in [7, 11) is 0. The van der Waals surface area contributed by atoms with Crippen LogP contribution in [-0.2, 0) is 9.47 Å². The summed E-state index contributed by atoms with van der Waals surface area (Å²) in [5.74, 6) is 1.08. The Labute approximate surface area is 195 Å². The fraction of sp³-hybridized carbons (Fsp3) is 0.556. The van der Waals surface area contributed by atoms with Gasteiger partial charge in [-0.1, -0.05) is 34.8 Å². The third kappa shape index (κ3) is 8.17. The molecule has 8 nitrogen and oxygen atoms in total. The topological polar surface area (TPSA) is 94.1 Å². The molecule has 0 saturated carbocycles. The molecule has 2 aliphatic rings. The van der Waals surface area contributed by atoms with Gasteiger partial charge in [-0.25, -0.2) is 19.9 Å². The maximum Gasteiger partial charge on any atom is 0.225 e. The van der Waals surface area contributed by atoms with Gasteiger partial charge in [0.15, 0.2) is 0 Å². The van der Waals surface area contributed by atoms with Crippen molar-refractivity contribution in [2.45, 2.75) is 37.9 Å². The summed E-state index contributed by atoms with van der Waals surface area (Å²) in [6.07, 6.45) is 4.89. The van der Waals surface area contributed by atoms with Gasteiger partial charge >= 0.3 is 0 Å². The Morgan fingerprint density at radius 2 is 1.33 bits per heavy atom. The van der Waals surface area contributed by atoms with E-state index in [1.807, 2.05) is 0 Å². The summed E-state index contributed by atoms with van der Waals surface area (Å²) in [5.41, 5.74) is 0. The minimum Gasteiger partial charge on any atom is -0.376 e. The third-order valence-electron chi connectivity index (χ3n) is 4.38. The molecule has 4 rings (SSSR count). The monoisotopic (exact) mass is 494 g/mol. The van der Waals surface area contributed by atoms with E-state index in [0.29, 0.717) is 33.8 Å². The fourth-order valence-electron chi connectivity index (χ4n) is 2.98. The highest BCUT2D eigenvalue weighted by Gasteiger charge is 2.16. The molecule has 2 fully saturated rings. The maximum absolute atomic E-state index is 5.74. The lowest BCUT2D eigenvalue weighted by Crippen LogP contribution is -2.19. The zero-order valence-corrected chi connectivity index (χ0v) is 19.1. The van der Waals surface area contributed by atoms with E-state index in [1.54, 1.807) is 6.07 Å². The number of hydrogen-bond donors (Lipinski definition) is 2. The quantitative estimate of drug-likeness (QED) is 0.438. The fourth-order valence-corrected chi connectivity index (χ4v) is 3.82. The Morgan fingerprint density at radius 1 is 0.767 bits per heavy atom. The molecule has 0 spiro atoms. The van der Waals surface area contributed by atoms with E-state index in [1.165, 1.54) is 6.07 Å². The largest absolute Gasteiger partial charge is 0.376 e. The number of nitrogens with one attached hydrogen (secondary N) is 2. The summed E-state index contributed by atoms with van der Waals surface area (Å²) in [5, 5.41) is 7.34. The van der Waals surface area contributed by atoms with Gasteiger partial charge in [0.05, 0.1) is 12.2 Å². The molecular formula is C18H22Cl4N6O2. The second kappa shape index (κ2) is 12.0. The highest BCUT2D eigenvalue weighted by molar-refractivity contribution is 6.33. The molecule has 2 atom stereocenters. The molecule has 2 N–H and O–H groups in total. The molecule has 2 saturated heterocycles. The molecule has 2 aliphatic heterocycles. The van der Waals surface area contributed by atoms with Crippen molar-refractivity contribution in [2.75, 3.05) is 36.9 Å². The molecule has 4 heterocycles. The van der Waals surface area contributed by atoms with Crippen molar-refractivity contribution in [3.05, 3.63) is 32.9 Å². The van der Waals surface area contributed by atoms with Gasteiger partial charge in [0.25, 0.3) is 0 Å². The molecule has 164 valence electrons. The predicted molar refractivity (Wildman–Crippen MR) is 119 cm³/mol. The molecule has 12 heteroatoms. The van der Waals surface area contributed by atoms with Crippen molar-refractivity contribution in [1.82, 2.24) is 19.9 Å². The van der Waals surface area contributed by atoms with Crippen molar-refractivity contribution in [1.29, 1.82) is 0 Å². The van der Waals surface area contributed by atoms with Crippen LogP contribution in [0.4, 0.5) is 11.8 Å². The van der Waals surface area contributed by atoms with Crippen molar-refractivity contribution >= 4 is 58.2 Å². The van der Waals surface area contributed by atoms with E-state index in [4.69, 9.17) is 55.9 Å². The second-order valence-electron chi connectivity index (χ2n) is 6.71. The molecule has 0 bridgehead atoms. The first kappa shape index (κ1) is 23.5. The zero-order chi connectivity index (χ0) is 21.3. The van der Waals surface area contributed by atoms with Gasteiger partial charge in [-0.3, -0.25) is 0 Å². The van der Waals surface area contributed by atoms with Gasteiger partial charge in [0, 0.05) is 38.4 Å². The Bertz CT molecular complexity index is 711. The molecular weight excluding hydrogens is 474 g/mol. The number of aromatic nitrogens is 4. The second-order valence-corrected chi connectivity index (χ2v) is 8.21. The number of ether oxygens (including phenoxy) is 2. The number of hydrogen-bond acceptors (Lipinski definition) is 8. The first-order chi connectivity index (χ1) is 14.5. The van der Waals surface area contributed by atoms with Crippen LogP contribution in [-0.4, -0.2) is 58.4 Å². The Balaban J connectivity index is 0.000000171. The lowest BCUT2D eigenvalue weighted by atomic mass is 10.2. The molecule has 0 amide bonds. The Morgan fingerprint density at radius 3 is 1.87 bits per heavy atom. The van der Waals surface area contributed by atoms with E-state index < -0.39 is 0 Å². The molecule has 0 radical (unpaired) electrons. The lowest BCUT2D eigenvalue weighted by Gasteiger charge is -2.11. The van der Waals surface area contributed by atoms with Crippen LogP contribution in [0.5, 0.6) is 0 Å². The highest BCUT2D eigenvalue weighted by atomic mass is 35.5. The van der Waals surface area contributed by atoms with Crippen molar-refractivity contribution in [3.8, 4) is 0 Å². The summed E-state index contributed by atoms with van der Waals surface area (Å²) >= 11 is 22.9. The van der Waals surface area contributed by atoms with Gasteiger partial charge in [-0.2, -0.15) is 0 Å². The molecule has 0 aromatic carbocycles. The Hall–Kier alpha value is -1.16. The van der Waals surface area contributed by atoms with Crippen LogP contribution < -0.4 is 10.6 Å². The highest BCUT2D eigenvalue weighted by Crippen LogP contribution is 2.17. The van der Waals surface area contributed by atoms with Crippen LogP contribution in [0.1, 0.15) is 25.7 Å². The number of anilines is 2. The summed E-state index contributed by atoms with van der Waals surface area (Å²) in [6, 6.07) is 3.14. The van der Waals surface area contributed by atoms with Crippen molar-refractivity contribution < 1.29 is 9.47 Å². The number of rotatable bonds is 6. The molecule has 30 heavy (non-hydrogen) atoms. The number of nitrogens with zero attached hydrogens (tertiary/aromatic N) is 4. The first-order valence-corrected chi connectivity index (χ1v) is 11.1. The van der Waals surface area contributed by atoms with Crippen molar-refractivity contribution in [2.24, 2.45) is 0 Å². The molecule has 0 aliphatic carbocycles. The van der Waals surface area contributed by atoms with E-state index in [9.17, 15) is 0 Å². The van der Waals surface area contributed by atoms with Crippen LogP contribution >= 0.6 is 46.4 Å². The zero-order valence-electron chi connectivity index (χ0n) is 16.1. The van der Waals surface area contributed by atoms with Gasteiger partial charge in [-0.15, -0.1) is 0 Å².